The predicted molar refractivity (Wildman–Crippen MR) is 178 cm³/mol. The van der Waals surface area contributed by atoms with Crippen molar-refractivity contribution < 1.29 is 24.2 Å². The molecule has 3 N–H and O–H groups in total. The highest BCUT2D eigenvalue weighted by atomic mass is 19.1. The van der Waals surface area contributed by atoms with E-state index in [-0.39, 0.29) is 18.8 Å². The van der Waals surface area contributed by atoms with E-state index >= 15 is 0 Å². The lowest BCUT2D eigenvalue weighted by atomic mass is 10.0. The minimum Gasteiger partial charge on any atom is -0.396 e. The van der Waals surface area contributed by atoms with Crippen molar-refractivity contribution in [1.29, 1.82) is 0 Å². The lowest BCUT2D eigenvalue weighted by Gasteiger charge is -2.23. The maximum Gasteiger partial charge on any atom is 0.165 e. The van der Waals surface area contributed by atoms with Crippen molar-refractivity contribution in [3.05, 3.63) is 113 Å². The number of aliphatic hydroxyl groups is 2. The monoisotopic (exact) mass is 615 g/mol. The Kier molecular flexibility index (Phi) is 14.6. The molecule has 1 atom stereocenters. The Morgan fingerprint density at radius 2 is 2.00 bits per heavy atom. The van der Waals surface area contributed by atoms with Crippen LogP contribution in [0.15, 0.2) is 106 Å². The SMILES string of the molecule is C=C/C(=C\C=C\F)N(C)C(CCCCCO)=Nc1cc(C2=NNOC(C(O)CC=NCc3ccccc3CC)=C2)ccc1C=O. The summed E-state index contributed by atoms with van der Waals surface area (Å²) in [5, 5.41) is 24.2. The highest BCUT2D eigenvalue weighted by molar-refractivity contribution is 6.10. The number of aliphatic hydroxyl groups excluding tert-OH is 2. The number of carbonyl (C=O) groups excluding carboxylic acids is 1. The van der Waals surface area contributed by atoms with Crippen LogP contribution in [-0.4, -0.2) is 58.9 Å². The summed E-state index contributed by atoms with van der Waals surface area (Å²) >= 11 is 0. The molecule has 45 heavy (non-hydrogen) atoms. The number of unbranched alkanes of at least 4 members (excludes halogenated alkanes) is 2. The van der Waals surface area contributed by atoms with Crippen LogP contribution in [0.5, 0.6) is 0 Å². The Bertz CT molecular complexity index is 1480. The van der Waals surface area contributed by atoms with Crippen LogP contribution in [0, 0.1) is 0 Å². The van der Waals surface area contributed by atoms with Gasteiger partial charge in [0.05, 0.1) is 24.3 Å². The molecule has 0 radical (unpaired) electrons. The fraction of sp³-hybridized carbons (Fsp3) is 0.314. The second kappa shape index (κ2) is 18.9. The summed E-state index contributed by atoms with van der Waals surface area (Å²) in [6, 6.07) is 13.3. The van der Waals surface area contributed by atoms with Crippen LogP contribution < -0.4 is 5.59 Å². The molecule has 1 aliphatic rings. The minimum absolute atomic E-state index is 0.100. The number of likely N-dealkylation sites (N-methyl/N-ethyl adjacent to an activating group) is 1. The average molecular weight is 616 g/mol. The molecular formula is C35H42FN5O4. The van der Waals surface area contributed by atoms with E-state index < -0.39 is 6.10 Å². The zero-order valence-electron chi connectivity index (χ0n) is 25.9. The number of nitrogens with zero attached hydrogens (tertiary/aromatic N) is 4. The lowest BCUT2D eigenvalue weighted by Crippen LogP contribution is -2.25. The quantitative estimate of drug-likeness (QED) is 0.0634. The van der Waals surface area contributed by atoms with Crippen LogP contribution in [0.3, 0.4) is 0 Å². The first-order valence-corrected chi connectivity index (χ1v) is 15.0. The Balaban J connectivity index is 1.84. The van der Waals surface area contributed by atoms with Crippen molar-refractivity contribution in [2.24, 2.45) is 15.1 Å². The molecule has 1 heterocycles. The highest BCUT2D eigenvalue weighted by Gasteiger charge is 2.19. The van der Waals surface area contributed by atoms with Crippen LogP contribution in [0.2, 0.25) is 0 Å². The van der Waals surface area contributed by atoms with Gasteiger partial charge in [0.25, 0.3) is 0 Å². The molecule has 0 bridgehead atoms. The van der Waals surface area contributed by atoms with Crippen LogP contribution in [0.25, 0.3) is 0 Å². The molecule has 0 aliphatic carbocycles. The Hall–Kier alpha value is -4.67. The van der Waals surface area contributed by atoms with E-state index in [9.17, 15) is 19.4 Å². The van der Waals surface area contributed by atoms with Gasteiger partial charge in [-0.25, -0.2) is 9.38 Å². The van der Waals surface area contributed by atoms with Gasteiger partial charge in [0.15, 0.2) is 12.0 Å². The molecule has 10 heteroatoms. The smallest absolute Gasteiger partial charge is 0.165 e. The van der Waals surface area contributed by atoms with E-state index in [1.165, 1.54) is 11.6 Å². The van der Waals surface area contributed by atoms with Gasteiger partial charge in [-0.15, -0.1) is 10.7 Å². The topological polar surface area (TPSA) is 119 Å². The molecule has 1 unspecified atom stereocenters. The number of halogens is 1. The van der Waals surface area contributed by atoms with Crippen molar-refractivity contribution in [1.82, 2.24) is 10.5 Å². The summed E-state index contributed by atoms with van der Waals surface area (Å²) in [6.07, 6.45) is 11.9. The van der Waals surface area contributed by atoms with Gasteiger partial charge in [0, 0.05) is 55.6 Å². The summed E-state index contributed by atoms with van der Waals surface area (Å²) in [7, 11) is 1.80. The number of aliphatic imine (C=N–C) groups is 2. The van der Waals surface area contributed by atoms with Crippen molar-refractivity contribution in [3.63, 3.8) is 0 Å². The number of aryl methyl sites for hydroxylation is 1. The van der Waals surface area contributed by atoms with E-state index in [1.54, 1.807) is 54.6 Å². The molecule has 1 aliphatic heterocycles. The molecule has 0 fully saturated rings. The van der Waals surface area contributed by atoms with E-state index in [1.807, 2.05) is 12.1 Å². The van der Waals surface area contributed by atoms with Crippen LogP contribution in [0.4, 0.5) is 10.1 Å². The molecule has 3 rings (SSSR count). The Morgan fingerprint density at radius 1 is 1.20 bits per heavy atom. The van der Waals surface area contributed by atoms with Gasteiger partial charge in [0.2, 0.25) is 0 Å². The number of carbonyl (C=O) groups is 1. The summed E-state index contributed by atoms with van der Waals surface area (Å²) < 4.78 is 12.7. The summed E-state index contributed by atoms with van der Waals surface area (Å²) in [5.41, 5.74) is 7.44. The Labute approximate surface area is 264 Å². The second-order valence-electron chi connectivity index (χ2n) is 10.3. The van der Waals surface area contributed by atoms with E-state index in [0.717, 1.165) is 31.1 Å². The van der Waals surface area contributed by atoms with Gasteiger partial charge in [-0.3, -0.25) is 9.79 Å². The number of allylic oxidation sites excluding steroid dienone is 4. The van der Waals surface area contributed by atoms with Crippen molar-refractivity contribution >= 4 is 29.7 Å². The van der Waals surface area contributed by atoms with E-state index in [2.05, 4.69) is 41.3 Å². The fourth-order valence-corrected chi connectivity index (χ4v) is 4.65. The van der Waals surface area contributed by atoms with Crippen molar-refractivity contribution in [2.45, 2.75) is 58.1 Å². The first-order chi connectivity index (χ1) is 21.9. The average Bonchev–Trinajstić information content (AvgIpc) is 3.08. The number of aldehydes is 1. The largest absolute Gasteiger partial charge is 0.396 e. The molecule has 0 spiro atoms. The molecule has 0 saturated heterocycles. The predicted octanol–water partition coefficient (Wildman–Crippen LogP) is 6.27. The van der Waals surface area contributed by atoms with Gasteiger partial charge >= 0.3 is 0 Å². The third kappa shape index (κ3) is 10.5. The summed E-state index contributed by atoms with van der Waals surface area (Å²) in [6.45, 7) is 6.57. The first-order valence-electron chi connectivity index (χ1n) is 15.0. The zero-order chi connectivity index (χ0) is 32.4. The number of rotatable bonds is 17. The van der Waals surface area contributed by atoms with Crippen LogP contribution in [-0.2, 0) is 17.8 Å². The molecule has 0 aromatic heterocycles. The van der Waals surface area contributed by atoms with Gasteiger partial charge in [0.1, 0.15) is 11.9 Å². The normalized spacial score (nSPS) is 14.5. The van der Waals surface area contributed by atoms with Gasteiger partial charge in [-0.2, -0.15) is 0 Å². The first kappa shape index (κ1) is 34.8. The molecular weight excluding hydrogens is 573 g/mol. The minimum atomic E-state index is -0.957. The lowest BCUT2D eigenvalue weighted by molar-refractivity contribution is 0.0451. The number of amidine groups is 1. The maximum absolute atomic E-state index is 12.7. The fourth-order valence-electron chi connectivity index (χ4n) is 4.65. The highest BCUT2D eigenvalue weighted by Crippen LogP contribution is 2.25. The number of hydrogen-bond donors (Lipinski definition) is 3. The molecule has 0 saturated carbocycles. The van der Waals surface area contributed by atoms with E-state index in [4.69, 9.17) is 9.83 Å². The summed E-state index contributed by atoms with van der Waals surface area (Å²) in [5.74, 6) is 0.905. The zero-order valence-corrected chi connectivity index (χ0v) is 25.9. The van der Waals surface area contributed by atoms with Gasteiger partial charge in [-0.05, 0) is 60.8 Å². The molecule has 0 amide bonds. The van der Waals surface area contributed by atoms with E-state index in [0.29, 0.717) is 59.8 Å². The number of nitrogens with one attached hydrogen (secondary N) is 1. The number of hydrogen-bond acceptors (Lipinski definition) is 8. The van der Waals surface area contributed by atoms with Gasteiger partial charge in [-0.1, -0.05) is 50.3 Å². The Morgan fingerprint density at radius 3 is 2.71 bits per heavy atom. The number of hydrazone groups is 1. The van der Waals surface area contributed by atoms with Crippen molar-refractivity contribution in [3.8, 4) is 0 Å². The molecule has 238 valence electrons. The third-order valence-electron chi connectivity index (χ3n) is 7.24. The number of benzene rings is 2. The van der Waals surface area contributed by atoms with Gasteiger partial charge < -0.3 is 20.0 Å². The van der Waals surface area contributed by atoms with Crippen LogP contribution >= 0.6 is 0 Å². The molecule has 9 nitrogen and oxygen atoms in total. The molecule has 2 aromatic rings. The molecule has 2 aromatic carbocycles. The summed E-state index contributed by atoms with van der Waals surface area (Å²) in [4.78, 5) is 28.5. The van der Waals surface area contributed by atoms with Crippen molar-refractivity contribution in [2.75, 3.05) is 13.7 Å². The standard InChI is InChI=1S/C35H42FN5O4/c1-4-26-12-8-9-13-28(26)24-37-20-18-33(44)34-23-32(39-40-45-34)27-16-17-29(25-43)31(22-27)38-35(15-7-6-10-21-42)41(3)30(5-2)14-11-19-36/h5,8-9,11-14,16-17,19-20,22-23,25,33,40,42,44H,2,4,6-7,10,15,18,21,24H2,1,3H3/b19-11+,30-14+,37-20?,38-35?. The third-order valence-corrected chi connectivity index (χ3v) is 7.24. The second-order valence-corrected chi connectivity index (χ2v) is 10.3. The maximum atomic E-state index is 12.7. The van der Waals surface area contributed by atoms with Crippen LogP contribution in [0.1, 0.15) is 66.1 Å².